The van der Waals surface area contributed by atoms with Crippen molar-refractivity contribution in [2.75, 3.05) is 46.4 Å². The van der Waals surface area contributed by atoms with Crippen molar-refractivity contribution >= 4 is 16.8 Å². The maximum atomic E-state index is 13.0. The Labute approximate surface area is 171 Å². The zero-order valence-corrected chi connectivity index (χ0v) is 17.0. The van der Waals surface area contributed by atoms with E-state index in [9.17, 15) is 4.79 Å². The van der Waals surface area contributed by atoms with Gasteiger partial charge in [-0.1, -0.05) is 0 Å². The van der Waals surface area contributed by atoms with E-state index in [4.69, 9.17) is 4.74 Å². The summed E-state index contributed by atoms with van der Waals surface area (Å²) >= 11 is 0. The summed E-state index contributed by atoms with van der Waals surface area (Å²) in [6, 6.07) is 12.2. The second-order valence-corrected chi connectivity index (χ2v) is 7.51. The van der Waals surface area contributed by atoms with Gasteiger partial charge in [-0.15, -0.1) is 0 Å². The minimum Gasteiger partial charge on any atom is -0.383 e. The van der Waals surface area contributed by atoms with Crippen molar-refractivity contribution in [1.29, 1.82) is 0 Å². The number of carbonyl (C=O) groups excluding carboxylic acids is 1. The molecule has 0 unspecified atom stereocenters. The number of rotatable bonds is 7. The first kappa shape index (κ1) is 19.6. The maximum absolute atomic E-state index is 13.0. The van der Waals surface area contributed by atoms with Crippen molar-refractivity contribution in [3.63, 3.8) is 0 Å². The molecule has 29 heavy (non-hydrogen) atoms. The number of carbonyl (C=O) groups is 1. The molecular formula is C23H28N4O2. The fraction of sp³-hybridized carbons (Fsp3) is 0.391. The normalized spacial score (nSPS) is 15.1. The first-order valence-corrected chi connectivity index (χ1v) is 10.2. The van der Waals surface area contributed by atoms with Gasteiger partial charge in [-0.2, -0.15) is 0 Å². The Morgan fingerprint density at radius 2 is 1.83 bits per heavy atom. The van der Waals surface area contributed by atoms with Gasteiger partial charge in [0.25, 0.3) is 5.91 Å². The Kier molecular flexibility index (Phi) is 6.22. The third kappa shape index (κ3) is 4.66. The van der Waals surface area contributed by atoms with Crippen LogP contribution < -0.4 is 0 Å². The van der Waals surface area contributed by atoms with Crippen LogP contribution in [0.15, 0.2) is 55.0 Å². The van der Waals surface area contributed by atoms with Gasteiger partial charge in [0.05, 0.1) is 6.61 Å². The molecule has 4 rings (SSSR count). The van der Waals surface area contributed by atoms with Crippen LogP contribution in [0.4, 0.5) is 0 Å². The quantitative estimate of drug-likeness (QED) is 0.620. The molecule has 6 heteroatoms. The van der Waals surface area contributed by atoms with Crippen LogP contribution in [0.25, 0.3) is 10.9 Å². The van der Waals surface area contributed by atoms with Crippen LogP contribution >= 0.6 is 0 Å². The molecule has 0 radical (unpaired) electrons. The summed E-state index contributed by atoms with van der Waals surface area (Å²) in [6.07, 6.45) is 6.76. The lowest BCUT2D eigenvalue weighted by molar-refractivity contribution is 0.0638. The largest absolute Gasteiger partial charge is 0.383 e. The smallest absolute Gasteiger partial charge is 0.253 e. The predicted molar refractivity (Wildman–Crippen MR) is 114 cm³/mol. The number of amides is 1. The van der Waals surface area contributed by atoms with Crippen molar-refractivity contribution in [3.05, 3.63) is 66.1 Å². The van der Waals surface area contributed by atoms with Gasteiger partial charge in [-0.3, -0.25) is 14.7 Å². The predicted octanol–water partition coefficient (Wildman–Crippen LogP) is 2.68. The van der Waals surface area contributed by atoms with E-state index < -0.39 is 0 Å². The number of piperazine rings is 1. The van der Waals surface area contributed by atoms with Gasteiger partial charge in [0.15, 0.2) is 0 Å². The average molecular weight is 393 g/mol. The van der Waals surface area contributed by atoms with E-state index in [0.717, 1.165) is 62.2 Å². The third-order valence-electron chi connectivity index (χ3n) is 5.68. The van der Waals surface area contributed by atoms with Crippen LogP contribution in [-0.4, -0.2) is 71.7 Å². The first-order valence-electron chi connectivity index (χ1n) is 10.2. The van der Waals surface area contributed by atoms with Gasteiger partial charge in [0, 0.05) is 81.4 Å². The molecule has 1 amide bonds. The van der Waals surface area contributed by atoms with Crippen molar-refractivity contribution in [2.24, 2.45) is 0 Å². The number of benzene rings is 1. The summed E-state index contributed by atoms with van der Waals surface area (Å²) in [4.78, 5) is 21.5. The van der Waals surface area contributed by atoms with Crippen molar-refractivity contribution in [1.82, 2.24) is 19.4 Å². The van der Waals surface area contributed by atoms with Gasteiger partial charge in [-0.05, 0) is 48.4 Å². The lowest BCUT2D eigenvalue weighted by Crippen LogP contribution is -2.49. The molecule has 1 aromatic carbocycles. The van der Waals surface area contributed by atoms with Crippen LogP contribution in [0, 0.1) is 0 Å². The summed E-state index contributed by atoms with van der Waals surface area (Å²) in [5, 5.41) is 1.10. The van der Waals surface area contributed by atoms with Gasteiger partial charge in [0.1, 0.15) is 0 Å². The van der Waals surface area contributed by atoms with Crippen LogP contribution in [0.3, 0.4) is 0 Å². The number of aromatic nitrogens is 2. The van der Waals surface area contributed by atoms with Gasteiger partial charge < -0.3 is 14.2 Å². The van der Waals surface area contributed by atoms with Crippen LogP contribution in [0.1, 0.15) is 15.9 Å². The summed E-state index contributed by atoms with van der Waals surface area (Å²) in [6.45, 7) is 5.92. The lowest BCUT2D eigenvalue weighted by Gasteiger charge is -2.34. The third-order valence-corrected chi connectivity index (χ3v) is 5.68. The number of nitrogens with zero attached hydrogens (tertiary/aromatic N) is 4. The molecule has 3 heterocycles. The zero-order valence-electron chi connectivity index (χ0n) is 17.0. The van der Waals surface area contributed by atoms with E-state index in [1.807, 2.05) is 35.5 Å². The summed E-state index contributed by atoms with van der Waals surface area (Å²) < 4.78 is 7.33. The number of pyridine rings is 1. The standard InChI is InChI=1S/C23H28N4O2/c1-29-17-16-26-11-7-20-18-21(2-3-22(20)26)23(28)27-14-12-25(13-15-27)10-6-19-4-8-24-9-5-19/h2-5,7-9,11,18H,6,10,12-17H2,1H3. The summed E-state index contributed by atoms with van der Waals surface area (Å²) in [5.74, 6) is 0.130. The number of hydrogen-bond acceptors (Lipinski definition) is 4. The average Bonchev–Trinajstić information content (AvgIpc) is 3.19. The molecule has 152 valence electrons. The molecule has 3 aromatic rings. The number of methoxy groups -OCH3 is 1. The monoisotopic (exact) mass is 392 g/mol. The Balaban J connectivity index is 1.33. The van der Waals surface area contributed by atoms with Crippen molar-refractivity contribution in [3.8, 4) is 0 Å². The molecule has 1 aliphatic heterocycles. The topological polar surface area (TPSA) is 50.6 Å². The summed E-state index contributed by atoms with van der Waals surface area (Å²) in [7, 11) is 1.71. The van der Waals surface area contributed by atoms with Gasteiger partial charge >= 0.3 is 0 Å². The van der Waals surface area contributed by atoms with Crippen molar-refractivity contribution in [2.45, 2.75) is 13.0 Å². The molecule has 0 aliphatic carbocycles. The van der Waals surface area contributed by atoms with Crippen LogP contribution in [0.2, 0.25) is 0 Å². The van der Waals surface area contributed by atoms with E-state index >= 15 is 0 Å². The Hall–Kier alpha value is -2.70. The molecule has 0 bridgehead atoms. The zero-order chi connectivity index (χ0) is 20.1. The van der Waals surface area contributed by atoms with E-state index in [1.54, 1.807) is 7.11 Å². The Morgan fingerprint density at radius 3 is 2.59 bits per heavy atom. The summed E-state index contributed by atoms with van der Waals surface area (Å²) in [5.41, 5.74) is 3.22. The number of ether oxygens (including phenoxy) is 1. The molecule has 1 fully saturated rings. The van der Waals surface area contributed by atoms with E-state index in [0.29, 0.717) is 6.61 Å². The van der Waals surface area contributed by atoms with E-state index in [2.05, 4.69) is 38.8 Å². The molecular weight excluding hydrogens is 364 g/mol. The fourth-order valence-corrected chi connectivity index (χ4v) is 3.91. The Bertz CT molecular complexity index is 946. The molecule has 2 aromatic heterocycles. The molecule has 6 nitrogen and oxygen atoms in total. The SMILES string of the molecule is COCCn1ccc2cc(C(=O)N3CCN(CCc4ccncc4)CC3)ccc21. The van der Waals surface area contributed by atoms with Crippen LogP contribution in [0.5, 0.6) is 0 Å². The molecule has 0 spiro atoms. The highest BCUT2D eigenvalue weighted by Crippen LogP contribution is 2.19. The second-order valence-electron chi connectivity index (χ2n) is 7.51. The molecule has 1 saturated heterocycles. The van der Waals surface area contributed by atoms with Gasteiger partial charge in [0.2, 0.25) is 0 Å². The number of fused-ring (bicyclic) bond motifs is 1. The van der Waals surface area contributed by atoms with E-state index in [-0.39, 0.29) is 5.91 Å². The highest BCUT2D eigenvalue weighted by atomic mass is 16.5. The molecule has 0 saturated carbocycles. The maximum Gasteiger partial charge on any atom is 0.253 e. The second kappa shape index (κ2) is 9.20. The highest BCUT2D eigenvalue weighted by Gasteiger charge is 2.22. The number of hydrogen-bond donors (Lipinski definition) is 0. The minimum atomic E-state index is 0.130. The minimum absolute atomic E-state index is 0.130. The first-order chi connectivity index (χ1) is 14.2. The highest BCUT2D eigenvalue weighted by molar-refractivity contribution is 5.98. The van der Waals surface area contributed by atoms with Crippen molar-refractivity contribution < 1.29 is 9.53 Å². The molecule has 0 atom stereocenters. The molecule has 1 aliphatic rings. The Morgan fingerprint density at radius 1 is 1.03 bits per heavy atom. The van der Waals surface area contributed by atoms with Gasteiger partial charge in [-0.25, -0.2) is 0 Å². The van der Waals surface area contributed by atoms with Crippen LogP contribution in [-0.2, 0) is 17.7 Å². The molecule has 0 N–H and O–H groups in total. The fourth-order valence-electron chi connectivity index (χ4n) is 3.91. The lowest BCUT2D eigenvalue weighted by atomic mass is 10.1. The van der Waals surface area contributed by atoms with E-state index in [1.165, 1.54) is 5.56 Å².